The molecule has 1 aliphatic rings. The van der Waals surface area contributed by atoms with E-state index < -0.39 is 0 Å². The van der Waals surface area contributed by atoms with Crippen molar-refractivity contribution in [1.82, 2.24) is 14.8 Å². The average Bonchev–Trinajstić information content (AvgIpc) is 2.63. The van der Waals surface area contributed by atoms with Crippen LogP contribution in [0.3, 0.4) is 0 Å². The summed E-state index contributed by atoms with van der Waals surface area (Å²) in [6, 6.07) is 0.339. The lowest BCUT2D eigenvalue weighted by Gasteiger charge is -2.36. The second-order valence-electron chi connectivity index (χ2n) is 4.57. The summed E-state index contributed by atoms with van der Waals surface area (Å²) in [6.45, 7) is 4.86. The topological polar surface area (TPSA) is 60.2 Å². The standard InChI is InChI=1S/C10H17N3O2/c1-10(2)5-8(3-4-15-10)13-7-11-12-9(13)6-14/h7-8,14H,3-6H2,1-2H3. The summed E-state index contributed by atoms with van der Waals surface area (Å²) in [5.74, 6) is 0.637. The number of aliphatic hydroxyl groups is 1. The van der Waals surface area contributed by atoms with Gasteiger partial charge in [0.25, 0.3) is 0 Å². The molecule has 1 aromatic rings. The highest BCUT2D eigenvalue weighted by Crippen LogP contribution is 2.32. The van der Waals surface area contributed by atoms with E-state index in [-0.39, 0.29) is 12.2 Å². The van der Waals surface area contributed by atoms with Gasteiger partial charge in [-0.2, -0.15) is 0 Å². The number of ether oxygens (including phenoxy) is 1. The fraction of sp³-hybridized carbons (Fsp3) is 0.800. The van der Waals surface area contributed by atoms with Gasteiger partial charge in [0.05, 0.1) is 5.60 Å². The fourth-order valence-electron chi connectivity index (χ4n) is 2.12. The molecule has 0 saturated carbocycles. The van der Waals surface area contributed by atoms with Crippen LogP contribution in [0.15, 0.2) is 6.33 Å². The lowest BCUT2D eigenvalue weighted by atomic mass is 9.94. The van der Waals surface area contributed by atoms with Crippen molar-refractivity contribution in [1.29, 1.82) is 0 Å². The molecule has 0 spiro atoms. The average molecular weight is 211 g/mol. The van der Waals surface area contributed by atoms with Crippen molar-refractivity contribution in [2.75, 3.05) is 6.61 Å². The Labute approximate surface area is 89.1 Å². The number of hydrogen-bond acceptors (Lipinski definition) is 4. The Bertz CT molecular complexity index is 335. The summed E-state index contributed by atoms with van der Waals surface area (Å²) >= 11 is 0. The largest absolute Gasteiger partial charge is 0.388 e. The Morgan fingerprint density at radius 1 is 1.67 bits per heavy atom. The van der Waals surface area contributed by atoms with Crippen molar-refractivity contribution >= 4 is 0 Å². The Balaban J connectivity index is 2.17. The maximum Gasteiger partial charge on any atom is 0.158 e. The van der Waals surface area contributed by atoms with E-state index in [0.717, 1.165) is 19.4 Å². The van der Waals surface area contributed by atoms with Gasteiger partial charge in [-0.3, -0.25) is 0 Å². The van der Waals surface area contributed by atoms with E-state index in [1.165, 1.54) is 0 Å². The third kappa shape index (κ3) is 2.18. The van der Waals surface area contributed by atoms with Crippen LogP contribution >= 0.6 is 0 Å². The van der Waals surface area contributed by atoms with Gasteiger partial charge < -0.3 is 14.4 Å². The molecule has 0 aromatic carbocycles. The molecule has 15 heavy (non-hydrogen) atoms. The molecule has 1 aliphatic heterocycles. The van der Waals surface area contributed by atoms with Crippen molar-refractivity contribution < 1.29 is 9.84 Å². The zero-order valence-electron chi connectivity index (χ0n) is 9.18. The Hall–Kier alpha value is -0.940. The van der Waals surface area contributed by atoms with E-state index in [9.17, 15) is 0 Å². The molecule has 1 atom stereocenters. The van der Waals surface area contributed by atoms with Crippen LogP contribution in [0.1, 0.15) is 38.6 Å². The van der Waals surface area contributed by atoms with Crippen molar-refractivity contribution in [2.45, 2.75) is 44.9 Å². The van der Waals surface area contributed by atoms with Crippen molar-refractivity contribution in [2.24, 2.45) is 0 Å². The minimum absolute atomic E-state index is 0.0578. The second kappa shape index (κ2) is 3.90. The van der Waals surface area contributed by atoms with Crippen LogP contribution in [0.5, 0.6) is 0 Å². The summed E-state index contributed by atoms with van der Waals surface area (Å²) in [5.41, 5.74) is -0.0973. The summed E-state index contributed by atoms with van der Waals surface area (Å²) in [4.78, 5) is 0. The van der Waals surface area contributed by atoms with Crippen molar-refractivity contribution in [3.63, 3.8) is 0 Å². The zero-order valence-corrected chi connectivity index (χ0v) is 9.18. The molecule has 0 radical (unpaired) electrons. The number of aromatic nitrogens is 3. The maximum absolute atomic E-state index is 9.11. The highest BCUT2D eigenvalue weighted by atomic mass is 16.5. The molecule has 0 amide bonds. The first-order chi connectivity index (χ1) is 7.12. The van der Waals surface area contributed by atoms with Crippen LogP contribution in [-0.2, 0) is 11.3 Å². The SMILES string of the molecule is CC1(C)CC(n2cnnc2CO)CCO1. The minimum Gasteiger partial charge on any atom is -0.388 e. The molecule has 2 heterocycles. The molecule has 5 heteroatoms. The van der Waals surface area contributed by atoms with Crippen LogP contribution in [0.25, 0.3) is 0 Å². The van der Waals surface area contributed by atoms with Gasteiger partial charge in [-0.1, -0.05) is 0 Å². The van der Waals surface area contributed by atoms with Crippen molar-refractivity contribution in [3.8, 4) is 0 Å². The third-order valence-corrected chi connectivity index (χ3v) is 2.85. The molecule has 5 nitrogen and oxygen atoms in total. The van der Waals surface area contributed by atoms with Crippen molar-refractivity contribution in [3.05, 3.63) is 12.2 Å². The van der Waals surface area contributed by atoms with E-state index in [4.69, 9.17) is 9.84 Å². The summed E-state index contributed by atoms with van der Waals surface area (Å²) in [6.07, 6.45) is 3.57. The molecule has 84 valence electrons. The molecule has 1 aromatic heterocycles. The van der Waals surface area contributed by atoms with E-state index in [0.29, 0.717) is 11.9 Å². The second-order valence-corrected chi connectivity index (χ2v) is 4.57. The molecule has 1 saturated heterocycles. The molecular weight excluding hydrogens is 194 g/mol. The summed E-state index contributed by atoms with van der Waals surface area (Å²) < 4.78 is 7.61. The Kier molecular flexibility index (Phi) is 2.75. The van der Waals surface area contributed by atoms with Crippen LogP contribution in [0.2, 0.25) is 0 Å². The van der Waals surface area contributed by atoms with Gasteiger partial charge >= 0.3 is 0 Å². The van der Waals surface area contributed by atoms with Gasteiger partial charge in [0.15, 0.2) is 5.82 Å². The number of nitrogens with zero attached hydrogens (tertiary/aromatic N) is 3. The normalized spacial score (nSPS) is 25.4. The maximum atomic E-state index is 9.11. The van der Waals surface area contributed by atoms with E-state index >= 15 is 0 Å². The van der Waals surface area contributed by atoms with Gasteiger partial charge in [-0.15, -0.1) is 10.2 Å². The predicted octanol–water partition coefficient (Wildman–Crippen LogP) is 0.900. The molecule has 1 unspecified atom stereocenters. The van der Waals surface area contributed by atoms with E-state index in [1.807, 2.05) is 4.57 Å². The highest BCUT2D eigenvalue weighted by Gasteiger charge is 2.30. The van der Waals surface area contributed by atoms with Gasteiger partial charge in [-0.05, 0) is 26.7 Å². The molecule has 2 rings (SSSR count). The first kappa shape index (κ1) is 10.6. The predicted molar refractivity (Wildman–Crippen MR) is 54.2 cm³/mol. The molecule has 1 fully saturated rings. The lowest BCUT2D eigenvalue weighted by Crippen LogP contribution is -2.35. The number of rotatable bonds is 2. The first-order valence-corrected chi connectivity index (χ1v) is 5.25. The zero-order chi connectivity index (χ0) is 10.9. The van der Waals surface area contributed by atoms with E-state index in [2.05, 4.69) is 24.0 Å². The van der Waals surface area contributed by atoms with Crippen LogP contribution < -0.4 is 0 Å². The van der Waals surface area contributed by atoms with Crippen LogP contribution in [-0.4, -0.2) is 32.1 Å². The Morgan fingerprint density at radius 3 is 3.13 bits per heavy atom. The van der Waals surface area contributed by atoms with Crippen LogP contribution in [0.4, 0.5) is 0 Å². The molecule has 0 aliphatic carbocycles. The van der Waals surface area contributed by atoms with Gasteiger partial charge in [0.1, 0.15) is 12.9 Å². The number of aliphatic hydroxyl groups excluding tert-OH is 1. The molecule has 0 bridgehead atoms. The molecule has 1 N–H and O–H groups in total. The number of hydrogen-bond donors (Lipinski definition) is 1. The highest BCUT2D eigenvalue weighted by molar-refractivity contribution is 4.91. The Morgan fingerprint density at radius 2 is 2.47 bits per heavy atom. The van der Waals surface area contributed by atoms with Gasteiger partial charge in [0.2, 0.25) is 0 Å². The van der Waals surface area contributed by atoms with Crippen LogP contribution in [0, 0.1) is 0 Å². The summed E-state index contributed by atoms with van der Waals surface area (Å²) in [7, 11) is 0. The third-order valence-electron chi connectivity index (χ3n) is 2.85. The summed E-state index contributed by atoms with van der Waals surface area (Å²) in [5, 5.41) is 16.8. The van der Waals surface area contributed by atoms with E-state index in [1.54, 1.807) is 6.33 Å². The minimum atomic E-state index is -0.0973. The molecular formula is C10H17N3O2. The monoisotopic (exact) mass is 211 g/mol. The lowest BCUT2D eigenvalue weighted by molar-refractivity contribution is -0.0697. The fourth-order valence-corrected chi connectivity index (χ4v) is 2.12. The van der Waals surface area contributed by atoms with Gasteiger partial charge in [-0.25, -0.2) is 0 Å². The quantitative estimate of drug-likeness (QED) is 0.789. The first-order valence-electron chi connectivity index (χ1n) is 5.25. The van der Waals surface area contributed by atoms with Gasteiger partial charge in [0, 0.05) is 12.6 Å². The smallest absolute Gasteiger partial charge is 0.158 e.